The highest BCUT2D eigenvalue weighted by atomic mass is 16.6. The van der Waals surface area contributed by atoms with Gasteiger partial charge in [0, 0.05) is 11.5 Å². The summed E-state index contributed by atoms with van der Waals surface area (Å²) in [5.74, 6) is 4.60. The minimum atomic E-state index is -0.146. The molecule has 0 aromatic heterocycles. The number of hydrogen-bond acceptors (Lipinski definition) is 2. The highest BCUT2D eigenvalue weighted by Gasteiger charge is 2.71. The van der Waals surface area contributed by atoms with Gasteiger partial charge in [-0.1, -0.05) is 13.5 Å². The molecular formula is C18H26O2. The molecule has 0 radical (unpaired) electrons. The Kier molecular flexibility index (Phi) is 2.66. The van der Waals surface area contributed by atoms with E-state index in [0.29, 0.717) is 17.4 Å². The van der Waals surface area contributed by atoms with Crippen molar-refractivity contribution in [3.05, 3.63) is 12.2 Å². The van der Waals surface area contributed by atoms with Gasteiger partial charge in [0.2, 0.25) is 0 Å². The molecule has 0 amide bonds. The van der Waals surface area contributed by atoms with Gasteiger partial charge < -0.3 is 4.74 Å². The molecule has 20 heavy (non-hydrogen) atoms. The molecule has 0 aromatic carbocycles. The lowest BCUT2D eigenvalue weighted by Gasteiger charge is -2.45. The number of carbonyl (C=O) groups excluding carboxylic acids is 1. The van der Waals surface area contributed by atoms with Crippen molar-refractivity contribution < 1.29 is 9.53 Å². The number of hydrogen-bond donors (Lipinski definition) is 0. The predicted molar refractivity (Wildman–Crippen MR) is 78.0 cm³/mol. The minimum absolute atomic E-state index is 0.125. The third-order valence-electron chi connectivity index (χ3n) is 7.07. The van der Waals surface area contributed by atoms with Crippen LogP contribution in [0.1, 0.15) is 52.4 Å². The van der Waals surface area contributed by atoms with Crippen LogP contribution in [-0.4, -0.2) is 11.6 Å². The molecule has 0 N–H and O–H groups in total. The molecule has 2 heteroatoms. The fourth-order valence-corrected chi connectivity index (χ4v) is 6.63. The van der Waals surface area contributed by atoms with Gasteiger partial charge in [0.1, 0.15) is 5.60 Å². The first-order valence-electron chi connectivity index (χ1n) is 8.45. The first-order valence-corrected chi connectivity index (χ1v) is 8.45. The van der Waals surface area contributed by atoms with E-state index in [2.05, 4.69) is 13.5 Å². The largest absolute Gasteiger partial charge is 0.455 e. The van der Waals surface area contributed by atoms with Crippen LogP contribution in [0, 0.1) is 35.5 Å². The molecule has 4 saturated carbocycles. The zero-order valence-electron chi connectivity index (χ0n) is 12.7. The van der Waals surface area contributed by atoms with Crippen molar-refractivity contribution in [2.24, 2.45) is 35.5 Å². The normalized spacial score (nSPS) is 51.3. The van der Waals surface area contributed by atoms with E-state index in [4.69, 9.17) is 4.74 Å². The second kappa shape index (κ2) is 4.11. The Morgan fingerprint density at radius 3 is 2.70 bits per heavy atom. The van der Waals surface area contributed by atoms with E-state index >= 15 is 0 Å². The van der Waals surface area contributed by atoms with Crippen LogP contribution in [0.3, 0.4) is 0 Å². The molecule has 7 unspecified atom stereocenters. The molecular weight excluding hydrogens is 248 g/mol. The second-order valence-corrected chi connectivity index (χ2v) is 7.87. The summed E-state index contributed by atoms with van der Waals surface area (Å²) < 4.78 is 6.18. The van der Waals surface area contributed by atoms with Crippen LogP contribution in [-0.2, 0) is 9.53 Å². The molecule has 4 fully saturated rings. The molecule has 4 bridgehead atoms. The lowest BCUT2D eigenvalue weighted by Crippen LogP contribution is -2.49. The van der Waals surface area contributed by atoms with E-state index in [9.17, 15) is 4.79 Å². The van der Waals surface area contributed by atoms with E-state index in [-0.39, 0.29) is 11.6 Å². The van der Waals surface area contributed by atoms with E-state index in [1.54, 1.807) is 6.92 Å². The summed E-state index contributed by atoms with van der Waals surface area (Å²) >= 11 is 0. The van der Waals surface area contributed by atoms with Gasteiger partial charge in [-0.2, -0.15) is 0 Å². The van der Waals surface area contributed by atoms with Crippen LogP contribution >= 0.6 is 0 Å². The van der Waals surface area contributed by atoms with Crippen LogP contribution < -0.4 is 0 Å². The van der Waals surface area contributed by atoms with Crippen molar-refractivity contribution >= 4 is 5.97 Å². The molecule has 2 nitrogen and oxygen atoms in total. The highest BCUT2D eigenvalue weighted by molar-refractivity contribution is 5.87. The van der Waals surface area contributed by atoms with Crippen molar-refractivity contribution in [1.29, 1.82) is 0 Å². The van der Waals surface area contributed by atoms with Gasteiger partial charge >= 0.3 is 5.97 Å². The van der Waals surface area contributed by atoms with Crippen molar-refractivity contribution in [2.45, 2.75) is 58.0 Å². The van der Waals surface area contributed by atoms with Gasteiger partial charge in [-0.15, -0.1) is 0 Å². The zero-order chi connectivity index (χ0) is 14.1. The van der Waals surface area contributed by atoms with Gasteiger partial charge in [-0.05, 0) is 75.0 Å². The molecule has 7 atom stereocenters. The number of fused-ring (bicyclic) bond motifs is 9. The maximum Gasteiger partial charge on any atom is 0.333 e. The Labute approximate surface area is 122 Å². The maximum absolute atomic E-state index is 12.2. The summed E-state index contributed by atoms with van der Waals surface area (Å²) in [4.78, 5) is 12.2. The van der Waals surface area contributed by atoms with Crippen molar-refractivity contribution in [1.82, 2.24) is 0 Å². The van der Waals surface area contributed by atoms with E-state index in [0.717, 1.165) is 36.5 Å². The molecule has 110 valence electrons. The van der Waals surface area contributed by atoms with Crippen LogP contribution in [0.5, 0.6) is 0 Å². The molecule has 4 rings (SSSR count). The summed E-state index contributed by atoms with van der Waals surface area (Å²) in [7, 11) is 0. The lowest BCUT2D eigenvalue weighted by atomic mass is 9.65. The Morgan fingerprint density at radius 2 is 2.00 bits per heavy atom. The Morgan fingerprint density at radius 1 is 1.25 bits per heavy atom. The average Bonchev–Trinajstić information content (AvgIpc) is 3.14. The zero-order valence-corrected chi connectivity index (χ0v) is 12.7. The fraction of sp³-hybridized carbons (Fsp3) is 0.833. The number of ether oxygens (including phenoxy) is 1. The summed E-state index contributed by atoms with van der Waals surface area (Å²) in [5.41, 5.74) is 0.434. The van der Waals surface area contributed by atoms with Gasteiger partial charge in [0.05, 0.1) is 0 Å². The first kappa shape index (κ1) is 12.9. The average molecular weight is 274 g/mol. The smallest absolute Gasteiger partial charge is 0.333 e. The maximum atomic E-state index is 12.2. The SMILES string of the molecule is C=C(C)C(=O)OC12CC(CC1CC)C1C3CCC(C3)C12. The summed E-state index contributed by atoms with van der Waals surface area (Å²) in [6.45, 7) is 7.83. The second-order valence-electron chi connectivity index (χ2n) is 7.87. The number of carbonyl (C=O) groups is 1. The monoisotopic (exact) mass is 274 g/mol. The standard InChI is InChI=1S/C18H26O2/c1-4-14-8-13-9-18(14,20-17(19)10(2)3)16-12-6-5-11(7-12)15(13)16/h11-16H,2,4-9H2,1,3H3. The van der Waals surface area contributed by atoms with Crippen LogP contribution in [0.4, 0.5) is 0 Å². The Balaban J connectivity index is 1.70. The Bertz CT molecular complexity index is 468. The molecule has 0 heterocycles. The fourth-order valence-electron chi connectivity index (χ4n) is 6.63. The minimum Gasteiger partial charge on any atom is -0.455 e. The quantitative estimate of drug-likeness (QED) is 0.442. The molecule has 4 aliphatic rings. The summed E-state index contributed by atoms with van der Waals surface area (Å²) in [6.07, 6.45) is 7.82. The van der Waals surface area contributed by atoms with E-state index in [1.165, 1.54) is 25.7 Å². The number of rotatable bonds is 3. The predicted octanol–water partition coefficient (Wildman–Crippen LogP) is 3.96. The van der Waals surface area contributed by atoms with Crippen LogP contribution in [0.15, 0.2) is 12.2 Å². The lowest BCUT2D eigenvalue weighted by molar-refractivity contribution is -0.171. The molecule has 0 saturated heterocycles. The first-order chi connectivity index (χ1) is 9.56. The summed E-state index contributed by atoms with van der Waals surface area (Å²) in [5, 5.41) is 0. The van der Waals surface area contributed by atoms with Crippen molar-refractivity contribution in [2.75, 3.05) is 0 Å². The topological polar surface area (TPSA) is 26.3 Å². The third-order valence-corrected chi connectivity index (χ3v) is 7.07. The van der Waals surface area contributed by atoms with Crippen LogP contribution in [0.2, 0.25) is 0 Å². The molecule has 4 aliphatic carbocycles. The van der Waals surface area contributed by atoms with Crippen molar-refractivity contribution in [3.8, 4) is 0 Å². The van der Waals surface area contributed by atoms with Gasteiger partial charge in [0.25, 0.3) is 0 Å². The van der Waals surface area contributed by atoms with E-state index in [1.807, 2.05) is 0 Å². The number of esters is 1. The molecule has 0 spiro atoms. The van der Waals surface area contributed by atoms with Gasteiger partial charge in [-0.25, -0.2) is 4.79 Å². The highest BCUT2D eigenvalue weighted by Crippen LogP contribution is 2.71. The van der Waals surface area contributed by atoms with Crippen LogP contribution in [0.25, 0.3) is 0 Å². The molecule has 0 aliphatic heterocycles. The summed E-state index contributed by atoms with van der Waals surface area (Å²) in [6, 6.07) is 0. The third kappa shape index (κ3) is 1.43. The van der Waals surface area contributed by atoms with E-state index < -0.39 is 0 Å². The van der Waals surface area contributed by atoms with Gasteiger partial charge in [0.15, 0.2) is 0 Å². The van der Waals surface area contributed by atoms with Crippen molar-refractivity contribution in [3.63, 3.8) is 0 Å². The Hall–Kier alpha value is -0.790. The molecule has 0 aromatic rings. The van der Waals surface area contributed by atoms with Gasteiger partial charge in [-0.3, -0.25) is 0 Å².